The molecule has 128 valence electrons. The number of thiophene rings is 1. The zero-order valence-electron chi connectivity index (χ0n) is 14.4. The minimum atomic E-state index is -0.0602. The quantitative estimate of drug-likeness (QED) is 0.887. The van der Waals surface area contributed by atoms with Crippen molar-refractivity contribution in [1.29, 1.82) is 0 Å². The molecule has 0 atom stereocenters. The van der Waals surface area contributed by atoms with Crippen LogP contribution in [0.2, 0.25) is 0 Å². The van der Waals surface area contributed by atoms with Gasteiger partial charge in [0.1, 0.15) is 0 Å². The Balaban J connectivity index is 1.82. The fourth-order valence-corrected chi connectivity index (χ4v) is 3.61. The first-order chi connectivity index (χ1) is 10.8. The van der Waals surface area contributed by atoms with E-state index in [1.807, 2.05) is 12.1 Å². The van der Waals surface area contributed by atoms with E-state index in [-0.39, 0.29) is 23.4 Å². The summed E-state index contributed by atoms with van der Waals surface area (Å²) in [5.74, 6) is -0.0618. The second-order valence-electron chi connectivity index (χ2n) is 7.08. The highest BCUT2D eigenvalue weighted by Crippen LogP contribution is 2.21. The van der Waals surface area contributed by atoms with E-state index in [0.29, 0.717) is 11.4 Å². The molecule has 1 aromatic rings. The molecule has 0 aliphatic carbocycles. The van der Waals surface area contributed by atoms with Crippen molar-refractivity contribution >= 4 is 23.2 Å². The summed E-state index contributed by atoms with van der Waals surface area (Å²) in [6.45, 7) is 10.7. The van der Waals surface area contributed by atoms with Crippen LogP contribution in [0, 0.1) is 0 Å². The Morgan fingerprint density at radius 2 is 1.91 bits per heavy atom. The first-order valence-corrected chi connectivity index (χ1v) is 8.96. The second-order valence-corrected chi connectivity index (χ2v) is 8.25. The fraction of sp³-hybridized carbons (Fsp3) is 0.647. The van der Waals surface area contributed by atoms with Crippen LogP contribution in [0.4, 0.5) is 0 Å². The Hall–Kier alpha value is -1.40. The van der Waals surface area contributed by atoms with E-state index in [1.165, 1.54) is 18.3 Å². The molecule has 1 aromatic heterocycles. The van der Waals surface area contributed by atoms with Crippen LogP contribution in [0.5, 0.6) is 0 Å². The molecule has 0 aromatic carbocycles. The van der Waals surface area contributed by atoms with Gasteiger partial charge in [0.2, 0.25) is 5.91 Å². The molecule has 0 unspecified atom stereocenters. The van der Waals surface area contributed by atoms with Crippen LogP contribution < -0.4 is 10.6 Å². The van der Waals surface area contributed by atoms with Crippen LogP contribution in [0.3, 0.4) is 0 Å². The molecule has 5 nitrogen and oxygen atoms in total. The number of piperidine rings is 1. The zero-order valence-corrected chi connectivity index (χ0v) is 15.3. The largest absolute Gasteiger partial charge is 0.351 e. The van der Waals surface area contributed by atoms with Gasteiger partial charge in [-0.25, -0.2) is 0 Å². The minimum absolute atomic E-state index is 0.00159. The molecule has 2 heterocycles. The number of hydrogen-bond acceptors (Lipinski definition) is 4. The van der Waals surface area contributed by atoms with E-state index in [4.69, 9.17) is 0 Å². The highest BCUT2D eigenvalue weighted by atomic mass is 32.1. The fourth-order valence-electron chi connectivity index (χ4n) is 2.76. The van der Waals surface area contributed by atoms with Crippen LogP contribution in [0.15, 0.2) is 12.1 Å². The lowest BCUT2D eigenvalue weighted by Gasteiger charge is -2.41. The number of likely N-dealkylation sites (tertiary alicyclic amines) is 1. The molecule has 2 N–H and O–H groups in total. The van der Waals surface area contributed by atoms with Gasteiger partial charge in [-0.05, 0) is 45.7 Å². The lowest BCUT2D eigenvalue weighted by molar-refractivity contribution is -0.119. The Morgan fingerprint density at radius 1 is 1.26 bits per heavy atom. The molecule has 1 fully saturated rings. The Labute approximate surface area is 142 Å². The average Bonchev–Trinajstić information content (AvgIpc) is 2.93. The summed E-state index contributed by atoms with van der Waals surface area (Å²) >= 11 is 1.44. The second kappa shape index (κ2) is 7.45. The summed E-state index contributed by atoms with van der Waals surface area (Å²) in [6.07, 6.45) is 1.99. The summed E-state index contributed by atoms with van der Waals surface area (Å²) in [7, 11) is 0. The monoisotopic (exact) mass is 337 g/mol. The predicted octanol–water partition coefficient (Wildman–Crippen LogP) is 2.38. The Bertz CT molecular complexity index is 554. The van der Waals surface area contributed by atoms with E-state index in [0.717, 1.165) is 30.8 Å². The van der Waals surface area contributed by atoms with Crippen LogP contribution in [-0.2, 0) is 11.3 Å². The molecule has 0 radical (unpaired) electrons. The molecule has 2 rings (SSSR count). The van der Waals surface area contributed by atoms with E-state index in [1.54, 1.807) is 0 Å². The van der Waals surface area contributed by atoms with Crippen molar-refractivity contribution in [2.75, 3.05) is 13.1 Å². The number of carbonyl (C=O) groups is 2. The van der Waals surface area contributed by atoms with Gasteiger partial charge in [-0.3, -0.25) is 14.5 Å². The van der Waals surface area contributed by atoms with E-state index < -0.39 is 0 Å². The summed E-state index contributed by atoms with van der Waals surface area (Å²) in [6, 6.07) is 3.99. The van der Waals surface area contributed by atoms with Gasteiger partial charge in [0.15, 0.2) is 0 Å². The van der Waals surface area contributed by atoms with Crippen molar-refractivity contribution in [3.8, 4) is 0 Å². The summed E-state index contributed by atoms with van der Waals surface area (Å²) in [5.41, 5.74) is 0.196. The maximum atomic E-state index is 12.3. The topological polar surface area (TPSA) is 61.4 Å². The van der Waals surface area contributed by atoms with E-state index in [2.05, 4.69) is 36.3 Å². The third kappa shape index (κ3) is 5.32. The third-order valence-corrected chi connectivity index (χ3v) is 5.26. The van der Waals surface area contributed by atoms with Gasteiger partial charge in [0, 0.05) is 36.5 Å². The number of carbonyl (C=O) groups excluding carboxylic acids is 2. The van der Waals surface area contributed by atoms with Crippen LogP contribution in [0.25, 0.3) is 0 Å². The van der Waals surface area contributed by atoms with Crippen molar-refractivity contribution in [2.45, 2.75) is 58.7 Å². The zero-order chi connectivity index (χ0) is 17.0. The molecule has 23 heavy (non-hydrogen) atoms. The van der Waals surface area contributed by atoms with Gasteiger partial charge in [0.25, 0.3) is 5.91 Å². The van der Waals surface area contributed by atoms with Crippen molar-refractivity contribution < 1.29 is 9.59 Å². The summed E-state index contributed by atoms with van der Waals surface area (Å²) in [5, 5.41) is 5.89. The van der Waals surface area contributed by atoms with Crippen LogP contribution in [-0.4, -0.2) is 41.4 Å². The van der Waals surface area contributed by atoms with Gasteiger partial charge in [-0.1, -0.05) is 0 Å². The van der Waals surface area contributed by atoms with Crippen molar-refractivity contribution in [2.24, 2.45) is 0 Å². The summed E-state index contributed by atoms with van der Waals surface area (Å²) < 4.78 is 0. The molecule has 1 aliphatic heterocycles. The molecule has 0 saturated carbocycles. The standard InChI is InChI=1S/C17H27N3O2S/c1-12(21)18-11-14-5-6-15(23-14)16(22)19-13-7-9-20(10-8-13)17(2,3)4/h5-6,13H,7-11H2,1-4H3,(H,18,21)(H,19,22). The summed E-state index contributed by atoms with van der Waals surface area (Å²) in [4.78, 5) is 27.4. The highest BCUT2D eigenvalue weighted by molar-refractivity contribution is 7.14. The molecule has 6 heteroatoms. The lowest BCUT2D eigenvalue weighted by atomic mass is 9.98. The number of rotatable bonds is 4. The molecule has 2 amide bonds. The van der Waals surface area contributed by atoms with Crippen LogP contribution >= 0.6 is 11.3 Å². The highest BCUT2D eigenvalue weighted by Gasteiger charge is 2.27. The van der Waals surface area contributed by atoms with E-state index in [9.17, 15) is 9.59 Å². The number of nitrogens with one attached hydrogen (secondary N) is 2. The van der Waals surface area contributed by atoms with E-state index >= 15 is 0 Å². The van der Waals surface area contributed by atoms with Crippen LogP contribution in [0.1, 0.15) is 55.1 Å². The Morgan fingerprint density at radius 3 is 2.48 bits per heavy atom. The molecule has 1 saturated heterocycles. The molecule has 1 aliphatic rings. The first kappa shape index (κ1) is 17.9. The molecular formula is C17H27N3O2S. The van der Waals surface area contributed by atoms with Gasteiger partial charge in [-0.15, -0.1) is 11.3 Å². The van der Waals surface area contributed by atoms with Gasteiger partial charge in [-0.2, -0.15) is 0 Å². The van der Waals surface area contributed by atoms with Crippen molar-refractivity contribution in [3.63, 3.8) is 0 Å². The minimum Gasteiger partial charge on any atom is -0.351 e. The van der Waals surface area contributed by atoms with Crippen molar-refractivity contribution in [1.82, 2.24) is 15.5 Å². The maximum absolute atomic E-state index is 12.3. The average molecular weight is 337 g/mol. The molecular weight excluding hydrogens is 310 g/mol. The number of amides is 2. The number of hydrogen-bond donors (Lipinski definition) is 2. The maximum Gasteiger partial charge on any atom is 0.261 e. The van der Waals surface area contributed by atoms with Crippen molar-refractivity contribution in [3.05, 3.63) is 21.9 Å². The Kier molecular flexibility index (Phi) is 5.81. The van der Waals surface area contributed by atoms with Gasteiger partial charge in [0.05, 0.1) is 11.4 Å². The lowest BCUT2D eigenvalue weighted by Crippen LogP contribution is -2.50. The third-order valence-electron chi connectivity index (χ3n) is 4.18. The molecule has 0 spiro atoms. The SMILES string of the molecule is CC(=O)NCc1ccc(C(=O)NC2CCN(C(C)(C)C)CC2)s1. The smallest absolute Gasteiger partial charge is 0.261 e. The first-order valence-electron chi connectivity index (χ1n) is 8.15. The molecule has 0 bridgehead atoms. The normalized spacial score (nSPS) is 17.0. The van der Waals surface area contributed by atoms with Gasteiger partial charge >= 0.3 is 0 Å². The number of nitrogens with zero attached hydrogens (tertiary/aromatic N) is 1. The van der Waals surface area contributed by atoms with Gasteiger partial charge < -0.3 is 10.6 Å². The predicted molar refractivity (Wildman–Crippen MR) is 93.7 cm³/mol.